The van der Waals surface area contributed by atoms with E-state index in [0.717, 1.165) is 23.5 Å². The lowest BCUT2D eigenvalue weighted by Crippen LogP contribution is -2.42. The summed E-state index contributed by atoms with van der Waals surface area (Å²) >= 11 is 5.86. The van der Waals surface area contributed by atoms with Gasteiger partial charge in [0.25, 0.3) is 5.91 Å². The molecule has 1 aliphatic heterocycles. The fourth-order valence-electron chi connectivity index (χ4n) is 2.66. The first-order valence-corrected chi connectivity index (χ1v) is 7.51. The van der Waals surface area contributed by atoms with Crippen LogP contribution in [0.4, 0.5) is 11.4 Å². The van der Waals surface area contributed by atoms with Crippen LogP contribution in [-0.4, -0.2) is 26.0 Å². The summed E-state index contributed by atoms with van der Waals surface area (Å²) < 4.78 is 0. The summed E-state index contributed by atoms with van der Waals surface area (Å²) in [5.74, 6) is 0.447. The third-order valence-corrected chi connectivity index (χ3v) is 4.12. The van der Waals surface area contributed by atoms with E-state index < -0.39 is 0 Å². The molecule has 1 amide bonds. The molecule has 0 saturated carbocycles. The highest BCUT2D eigenvalue weighted by Gasteiger charge is 2.25. The molecule has 0 unspecified atom stereocenters. The van der Waals surface area contributed by atoms with Crippen LogP contribution >= 0.6 is 11.6 Å². The Morgan fingerprint density at radius 1 is 1.10 bits per heavy atom. The highest BCUT2D eigenvalue weighted by molar-refractivity contribution is 6.17. The van der Waals surface area contributed by atoms with E-state index in [9.17, 15) is 4.79 Å². The zero-order chi connectivity index (χ0) is 14.8. The van der Waals surface area contributed by atoms with E-state index in [1.54, 1.807) is 0 Å². The molecule has 0 fully saturated rings. The molecule has 3 nitrogen and oxygen atoms in total. The largest absolute Gasteiger partial charge is 0.371 e. The Balaban J connectivity index is 1.97. The van der Waals surface area contributed by atoms with Gasteiger partial charge in [0.2, 0.25) is 0 Å². The number of rotatable bonds is 2. The van der Waals surface area contributed by atoms with E-state index in [1.807, 2.05) is 53.4 Å². The summed E-state index contributed by atoms with van der Waals surface area (Å²) in [4.78, 5) is 16.8. The quantitative estimate of drug-likeness (QED) is 0.792. The number of carbonyl (C=O) groups is 1. The Labute approximate surface area is 129 Å². The minimum Gasteiger partial charge on any atom is -0.371 e. The third-order valence-electron chi connectivity index (χ3n) is 3.82. The number of carbonyl (C=O) groups excluding carboxylic acids is 1. The van der Waals surface area contributed by atoms with E-state index in [1.165, 1.54) is 0 Å². The van der Waals surface area contributed by atoms with E-state index in [2.05, 4.69) is 11.9 Å². The van der Waals surface area contributed by atoms with Crippen molar-refractivity contribution in [3.05, 3.63) is 59.7 Å². The average molecular weight is 301 g/mol. The molecule has 0 saturated heterocycles. The molecular formula is C17H17ClN2O. The zero-order valence-corrected chi connectivity index (χ0v) is 12.7. The number of halogens is 1. The van der Waals surface area contributed by atoms with E-state index >= 15 is 0 Å². The average Bonchev–Trinajstić information content (AvgIpc) is 2.55. The number of fused-ring (bicyclic) bond motifs is 1. The first kappa shape index (κ1) is 14.0. The molecular weight excluding hydrogens is 284 g/mol. The summed E-state index contributed by atoms with van der Waals surface area (Å²) in [7, 11) is 2.05. The summed E-state index contributed by atoms with van der Waals surface area (Å²) in [6, 6.07) is 15.5. The molecule has 0 atom stereocenters. The maximum atomic E-state index is 12.8. The molecule has 4 heteroatoms. The van der Waals surface area contributed by atoms with Crippen LogP contribution in [0.25, 0.3) is 0 Å². The lowest BCUT2D eigenvalue weighted by Gasteiger charge is -2.35. The predicted octanol–water partition coefficient (Wildman–Crippen LogP) is 3.52. The number of alkyl halides is 1. The summed E-state index contributed by atoms with van der Waals surface area (Å²) in [5, 5.41) is 0. The van der Waals surface area contributed by atoms with Gasteiger partial charge in [0.15, 0.2) is 0 Å². The van der Waals surface area contributed by atoms with Crippen molar-refractivity contribution in [3.63, 3.8) is 0 Å². The lowest BCUT2D eigenvalue weighted by atomic mass is 10.1. The van der Waals surface area contributed by atoms with Gasteiger partial charge in [0.05, 0.1) is 11.4 Å². The smallest absolute Gasteiger partial charge is 0.258 e. The second-order valence-corrected chi connectivity index (χ2v) is 5.47. The molecule has 0 aliphatic carbocycles. The van der Waals surface area contributed by atoms with Crippen LogP contribution < -0.4 is 9.80 Å². The maximum absolute atomic E-state index is 12.8. The van der Waals surface area contributed by atoms with Gasteiger partial charge in [-0.2, -0.15) is 0 Å². The van der Waals surface area contributed by atoms with Crippen molar-refractivity contribution in [2.75, 3.05) is 29.9 Å². The minimum atomic E-state index is 0.0301. The second-order valence-electron chi connectivity index (χ2n) is 5.20. The van der Waals surface area contributed by atoms with Crippen LogP contribution in [0.2, 0.25) is 0 Å². The molecule has 1 aliphatic rings. The van der Waals surface area contributed by atoms with Gasteiger partial charge in [-0.25, -0.2) is 0 Å². The van der Waals surface area contributed by atoms with Gasteiger partial charge in [-0.05, 0) is 29.8 Å². The Morgan fingerprint density at radius 2 is 1.86 bits per heavy atom. The van der Waals surface area contributed by atoms with Crippen LogP contribution in [0.3, 0.4) is 0 Å². The van der Waals surface area contributed by atoms with E-state index in [0.29, 0.717) is 18.0 Å². The maximum Gasteiger partial charge on any atom is 0.258 e. The number of nitrogens with zero attached hydrogens (tertiary/aromatic N) is 2. The number of benzene rings is 2. The molecule has 0 bridgehead atoms. The zero-order valence-electron chi connectivity index (χ0n) is 11.9. The molecule has 0 spiro atoms. The Kier molecular flexibility index (Phi) is 3.84. The monoisotopic (exact) mass is 300 g/mol. The second kappa shape index (κ2) is 5.78. The molecule has 3 rings (SSSR count). The highest BCUT2D eigenvalue weighted by Crippen LogP contribution is 2.32. The third kappa shape index (κ3) is 2.61. The van der Waals surface area contributed by atoms with Gasteiger partial charge in [0.1, 0.15) is 0 Å². The Bertz CT molecular complexity index is 671. The number of anilines is 2. The van der Waals surface area contributed by atoms with Gasteiger partial charge >= 0.3 is 0 Å². The fraction of sp³-hybridized carbons (Fsp3) is 0.235. The SMILES string of the molecule is CN1CCN(C(=O)c2cccc(CCl)c2)c2ccccc21. The van der Waals surface area contributed by atoms with Crippen molar-refractivity contribution in [2.45, 2.75) is 5.88 Å². The molecule has 108 valence electrons. The molecule has 21 heavy (non-hydrogen) atoms. The highest BCUT2D eigenvalue weighted by atomic mass is 35.5. The molecule has 2 aromatic carbocycles. The van der Waals surface area contributed by atoms with E-state index in [-0.39, 0.29) is 5.91 Å². The Hall–Kier alpha value is -2.00. The standard InChI is InChI=1S/C17H17ClN2O/c1-19-9-10-20(16-8-3-2-7-15(16)19)17(21)14-6-4-5-13(11-14)12-18/h2-8,11H,9-10,12H2,1H3. The minimum absolute atomic E-state index is 0.0301. The summed E-state index contributed by atoms with van der Waals surface area (Å²) in [6.45, 7) is 1.52. The summed E-state index contributed by atoms with van der Waals surface area (Å²) in [6.07, 6.45) is 0. The number of amides is 1. The van der Waals surface area contributed by atoms with Gasteiger partial charge in [0, 0.05) is 31.6 Å². The van der Waals surface area contributed by atoms with E-state index in [4.69, 9.17) is 11.6 Å². The van der Waals surface area contributed by atoms with Crippen molar-refractivity contribution >= 4 is 28.9 Å². The van der Waals surface area contributed by atoms with Crippen molar-refractivity contribution in [1.82, 2.24) is 0 Å². The van der Waals surface area contributed by atoms with Crippen LogP contribution in [0.15, 0.2) is 48.5 Å². The Morgan fingerprint density at radius 3 is 2.62 bits per heavy atom. The van der Waals surface area contributed by atoms with Crippen molar-refractivity contribution < 1.29 is 4.79 Å². The first-order valence-electron chi connectivity index (χ1n) is 6.97. The number of para-hydroxylation sites is 2. The first-order chi connectivity index (χ1) is 10.2. The van der Waals surface area contributed by atoms with Crippen molar-refractivity contribution in [1.29, 1.82) is 0 Å². The lowest BCUT2D eigenvalue weighted by molar-refractivity contribution is 0.0986. The molecule has 2 aromatic rings. The van der Waals surface area contributed by atoms with Crippen LogP contribution in [0.5, 0.6) is 0 Å². The topological polar surface area (TPSA) is 23.6 Å². The van der Waals surface area contributed by atoms with Crippen LogP contribution in [0, 0.1) is 0 Å². The predicted molar refractivity (Wildman–Crippen MR) is 87.4 cm³/mol. The van der Waals surface area contributed by atoms with Gasteiger partial charge in [-0.15, -0.1) is 11.6 Å². The van der Waals surface area contributed by atoms with Crippen LogP contribution in [-0.2, 0) is 5.88 Å². The molecule has 0 aromatic heterocycles. The normalized spacial score (nSPS) is 14.0. The number of likely N-dealkylation sites (N-methyl/N-ethyl adjacent to an activating group) is 1. The molecule has 0 radical (unpaired) electrons. The number of hydrogen-bond acceptors (Lipinski definition) is 2. The van der Waals surface area contributed by atoms with Crippen molar-refractivity contribution in [3.8, 4) is 0 Å². The number of hydrogen-bond donors (Lipinski definition) is 0. The fourth-order valence-corrected chi connectivity index (χ4v) is 2.83. The summed E-state index contributed by atoms with van der Waals surface area (Å²) in [5.41, 5.74) is 3.70. The van der Waals surface area contributed by atoms with Crippen molar-refractivity contribution in [2.24, 2.45) is 0 Å². The molecule has 0 N–H and O–H groups in total. The van der Waals surface area contributed by atoms with Gasteiger partial charge in [-0.1, -0.05) is 24.3 Å². The van der Waals surface area contributed by atoms with Gasteiger partial charge in [-0.3, -0.25) is 4.79 Å². The van der Waals surface area contributed by atoms with Crippen LogP contribution in [0.1, 0.15) is 15.9 Å². The van der Waals surface area contributed by atoms with Gasteiger partial charge < -0.3 is 9.80 Å². The molecule has 1 heterocycles.